The Hall–Kier alpha value is -1.71. The Morgan fingerprint density at radius 3 is 2.65 bits per heavy atom. The highest BCUT2D eigenvalue weighted by Crippen LogP contribution is 2.24. The van der Waals surface area contributed by atoms with Gasteiger partial charge in [0, 0.05) is 0 Å². The molecule has 1 saturated carbocycles. The van der Waals surface area contributed by atoms with Crippen molar-refractivity contribution in [3.05, 3.63) is 23.8 Å². The number of ether oxygens (including phenoxy) is 1. The fourth-order valence-electron chi connectivity index (χ4n) is 2.08. The molecule has 0 amide bonds. The molecular weight excluding hydrogens is 218 g/mol. The summed E-state index contributed by atoms with van der Waals surface area (Å²) in [6, 6.07) is 4.38. The summed E-state index contributed by atoms with van der Waals surface area (Å²) in [5.74, 6) is -0.372. The van der Waals surface area contributed by atoms with Crippen LogP contribution in [-0.4, -0.2) is 17.2 Å². The first kappa shape index (κ1) is 11.8. The average Bonchev–Trinajstić information content (AvgIpc) is 2.34. The van der Waals surface area contributed by atoms with E-state index in [0.29, 0.717) is 5.56 Å². The highest BCUT2D eigenvalue weighted by molar-refractivity contribution is 5.91. The molecule has 0 atom stereocenters. The van der Waals surface area contributed by atoms with Crippen molar-refractivity contribution >= 4 is 11.7 Å². The van der Waals surface area contributed by atoms with Gasteiger partial charge in [0.15, 0.2) is 0 Å². The van der Waals surface area contributed by atoms with Crippen molar-refractivity contribution in [2.45, 2.75) is 38.2 Å². The molecule has 0 saturated heterocycles. The van der Waals surface area contributed by atoms with Gasteiger partial charge in [-0.3, -0.25) is 0 Å². The first-order valence-electron chi connectivity index (χ1n) is 5.96. The van der Waals surface area contributed by atoms with Crippen LogP contribution in [0.1, 0.15) is 42.5 Å². The Morgan fingerprint density at radius 1 is 1.29 bits per heavy atom. The summed E-state index contributed by atoms with van der Waals surface area (Å²) >= 11 is 0. The molecular formula is C13H17NO3. The van der Waals surface area contributed by atoms with Gasteiger partial charge in [0.1, 0.15) is 11.9 Å². The summed E-state index contributed by atoms with van der Waals surface area (Å²) in [7, 11) is 0. The summed E-state index contributed by atoms with van der Waals surface area (Å²) < 4.78 is 5.40. The van der Waals surface area contributed by atoms with E-state index in [1.54, 1.807) is 0 Å². The van der Waals surface area contributed by atoms with Crippen LogP contribution < -0.4 is 5.73 Å². The van der Waals surface area contributed by atoms with E-state index in [-0.39, 0.29) is 23.5 Å². The second kappa shape index (κ2) is 5.08. The summed E-state index contributed by atoms with van der Waals surface area (Å²) in [6.07, 6.45) is 5.38. The fraction of sp³-hybridized carbons (Fsp3) is 0.462. The fourth-order valence-corrected chi connectivity index (χ4v) is 2.08. The number of nitrogens with two attached hydrogens (primary N) is 1. The van der Waals surface area contributed by atoms with Crippen molar-refractivity contribution in [2.24, 2.45) is 0 Å². The van der Waals surface area contributed by atoms with Gasteiger partial charge in [0.25, 0.3) is 0 Å². The molecule has 0 unspecified atom stereocenters. The third-order valence-corrected chi connectivity index (χ3v) is 3.09. The number of hydrogen-bond donors (Lipinski definition) is 2. The van der Waals surface area contributed by atoms with Gasteiger partial charge < -0.3 is 15.6 Å². The second-order valence-electron chi connectivity index (χ2n) is 4.44. The van der Waals surface area contributed by atoms with Gasteiger partial charge in [0.2, 0.25) is 0 Å². The summed E-state index contributed by atoms with van der Waals surface area (Å²) in [5.41, 5.74) is 6.13. The number of rotatable bonds is 2. The number of esters is 1. The van der Waals surface area contributed by atoms with Crippen LogP contribution >= 0.6 is 0 Å². The van der Waals surface area contributed by atoms with Crippen molar-refractivity contribution < 1.29 is 14.6 Å². The van der Waals surface area contributed by atoms with Crippen LogP contribution in [0.15, 0.2) is 18.2 Å². The zero-order valence-corrected chi connectivity index (χ0v) is 9.69. The smallest absolute Gasteiger partial charge is 0.338 e. The number of hydrogen-bond acceptors (Lipinski definition) is 4. The first-order valence-corrected chi connectivity index (χ1v) is 5.96. The molecule has 1 aliphatic rings. The summed E-state index contributed by atoms with van der Waals surface area (Å²) in [4.78, 5) is 11.8. The van der Waals surface area contributed by atoms with Crippen molar-refractivity contribution in [1.82, 2.24) is 0 Å². The van der Waals surface area contributed by atoms with E-state index in [0.717, 1.165) is 25.7 Å². The van der Waals surface area contributed by atoms with E-state index in [9.17, 15) is 9.90 Å². The predicted molar refractivity (Wildman–Crippen MR) is 64.8 cm³/mol. The van der Waals surface area contributed by atoms with Gasteiger partial charge in [-0.1, -0.05) is 6.42 Å². The lowest BCUT2D eigenvalue weighted by Gasteiger charge is -2.21. The topological polar surface area (TPSA) is 72.6 Å². The third kappa shape index (κ3) is 2.90. The predicted octanol–water partition coefficient (Wildman–Crippen LogP) is 2.46. The maximum absolute atomic E-state index is 11.8. The lowest BCUT2D eigenvalue weighted by atomic mass is 9.98. The molecule has 3 N–H and O–H groups in total. The van der Waals surface area contributed by atoms with Crippen LogP contribution in [0.5, 0.6) is 5.75 Å². The number of benzene rings is 1. The largest absolute Gasteiger partial charge is 0.506 e. The Labute approximate surface area is 100 Å². The Morgan fingerprint density at radius 2 is 2.00 bits per heavy atom. The zero-order chi connectivity index (χ0) is 12.3. The van der Waals surface area contributed by atoms with Crippen LogP contribution in [0.3, 0.4) is 0 Å². The number of carbonyl (C=O) groups excluding carboxylic acids is 1. The maximum atomic E-state index is 11.8. The van der Waals surface area contributed by atoms with Gasteiger partial charge in [-0.25, -0.2) is 4.79 Å². The number of phenolic OH excluding ortho intramolecular Hbond substituents is 1. The molecule has 1 aliphatic carbocycles. The second-order valence-corrected chi connectivity index (χ2v) is 4.44. The highest BCUT2D eigenvalue weighted by atomic mass is 16.5. The van der Waals surface area contributed by atoms with Gasteiger partial charge in [0.05, 0.1) is 11.3 Å². The lowest BCUT2D eigenvalue weighted by molar-refractivity contribution is 0.0211. The minimum Gasteiger partial charge on any atom is -0.506 e. The molecule has 92 valence electrons. The van der Waals surface area contributed by atoms with Gasteiger partial charge in [-0.05, 0) is 43.9 Å². The Bertz CT molecular complexity index is 411. The standard InChI is InChI=1S/C13H17NO3/c14-11-8-9(6-7-12(11)15)13(16)17-10-4-2-1-3-5-10/h6-8,10,15H,1-5,14H2. The molecule has 0 heterocycles. The van der Waals surface area contributed by atoms with Crippen molar-refractivity contribution in [3.8, 4) is 5.75 Å². The van der Waals surface area contributed by atoms with Crippen molar-refractivity contribution in [3.63, 3.8) is 0 Å². The number of anilines is 1. The third-order valence-electron chi connectivity index (χ3n) is 3.09. The molecule has 1 aromatic carbocycles. The molecule has 0 spiro atoms. The first-order chi connectivity index (χ1) is 8.16. The minimum atomic E-state index is -0.358. The highest BCUT2D eigenvalue weighted by Gasteiger charge is 2.19. The summed E-state index contributed by atoms with van der Waals surface area (Å²) in [5, 5.41) is 9.27. The Kier molecular flexibility index (Phi) is 3.52. The van der Waals surface area contributed by atoms with Gasteiger partial charge >= 0.3 is 5.97 Å². The number of carbonyl (C=O) groups is 1. The van der Waals surface area contributed by atoms with Crippen LogP contribution in [0.25, 0.3) is 0 Å². The SMILES string of the molecule is Nc1cc(C(=O)OC2CCCCC2)ccc1O. The molecule has 4 nitrogen and oxygen atoms in total. The molecule has 2 rings (SSSR count). The lowest BCUT2D eigenvalue weighted by Crippen LogP contribution is -2.20. The average molecular weight is 235 g/mol. The molecule has 0 bridgehead atoms. The van der Waals surface area contributed by atoms with Crippen LogP contribution in [0.2, 0.25) is 0 Å². The summed E-state index contributed by atoms with van der Waals surface area (Å²) in [6.45, 7) is 0. The quantitative estimate of drug-likeness (QED) is 0.469. The van der Waals surface area contributed by atoms with E-state index in [2.05, 4.69) is 0 Å². The number of aromatic hydroxyl groups is 1. The molecule has 0 aromatic heterocycles. The zero-order valence-electron chi connectivity index (χ0n) is 9.69. The number of phenols is 1. The van der Waals surface area contributed by atoms with Crippen LogP contribution in [-0.2, 0) is 4.74 Å². The van der Waals surface area contributed by atoms with Gasteiger partial charge in [-0.2, -0.15) is 0 Å². The maximum Gasteiger partial charge on any atom is 0.338 e. The van der Waals surface area contributed by atoms with E-state index >= 15 is 0 Å². The molecule has 1 aromatic rings. The monoisotopic (exact) mass is 235 g/mol. The Balaban J connectivity index is 2.01. The minimum absolute atomic E-state index is 0.0146. The van der Waals surface area contributed by atoms with Crippen molar-refractivity contribution in [2.75, 3.05) is 5.73 Å². The molecule has 1 fully saturated rings. The molecule has 4 heteroatoms. The molecule has 17 heavy (non-hydrogen) atoms. The number of nitrogen functional groups attached to an aromatic ring is 1. The van der Waals surface area contributed by atoms with Crippen molar-refractivity contribution in [1.29, 1.82) is 0 Å². The van der Waals surface area contributed by atoms with E-state index < -0.39 is 0 Å². The van der Waals surface area contributed by atoms with Crippen LogP contribution in [0, 0.1) is 0 Å². The van der Waals surface area contributed by atoms with E-state index in [1.165, 1.54) is 24.6 Å². The normalized spacial score (nSPS) is 16.7. The van der Waals surface area contributed by atoms with Gasteiger partial charge in [-0.15, -0.1) is 0 Å². The molecule has 0 aliphatic heterocycles. The van der Waals surface area contributed by atoms with E-state index in [1.807, 2.05) is 0 Å². The van der Waals surface area contributed by atoms with Crippen LogP contribution in [0.4, 0.5) is 5.69 Å². The molecule has 0 radical (unpaired) electrons. The van der Waals surface area contributed by atoms with E-state index in [4.69, 9.17) is 10.5 Å².